The second-order valence-corrected chi connectivity index (χ2v) is 5.90. The van der Waals surface area contributed by atoms with Gasteiger partial charge in [-0.1, -0.05) is 5.16 Å². The molecule has 3 amide bonds. The molecule has 0 aliphatic carbocycles. The fourth-order valence-corrected chi connectivity index (χ4v) is 2.28. The number of aromatic nitrogens is 3. The van der Waals surface area contributed by atoms with Crippen LogP contribution in [-0.4, -0.2) is 32.7 Å². The number of hydrogen-bond acceptors (Lipinski definition) is 6. The van der Waals surface area contributed by atoms with E-state index in [1.807, 2.05) is 0 Å². The van der Waals surface area contributed by atoms with E-state index >= 15 is 0 Å². The van der Waals surface area contributed by atoms with Crippen LogP contribution in [0.5, 0.6) is 0 Å². The van der Waals surface area contributed by atoms with E-state index in [1.165, 1.54) is 35.3 Å². The summed E-state index contributed by atoms with van der Waals surface area (Å²) >= 11 is 0. The van der Waals surface area contributed by atoms with Gasteiger partial charge in [-0.3, -0.25) is 14.4 Å². The first-order valence-corrected chi connectivity index (χ1v) is 8.20. The molecule has 2 aromatic heterocycles. The van der Waals surface area contributed by atoms with Gasteiger partial charge >= 0.3 is 18.0 Å². The number of carbonyl (C=O) groups excluding carboxylic acids is 3. The number of alkyl halides is 3. The summed E-state index contributed by atoms with van der Waals surface area (Å²) in [6, 6.07) is 5.44. The Morgan fingerprint density at radius 3 is 2.43 bits per heavy atom. The van der Waals surface area contributed by atoms with E-state index in [0.717, 1.165) is 12.1 Å². The molecule has 0 aliphatic heterocycles. The summed E-state index contributed by atoms with van der Waals surface area (Å²) in [5.41, 5.74) is 4.55. The molecule has 0 spiro atoms. The lowest BCUT2D eigenvalue weighted by Crippen LogP contribution is -2.34. The Morgan fingerprint density at radius 2 is 1.83 bits per heavy atom. The van der Waals surface area contributed by atoms with Crippen molar-refractivity contribution in [3.05, 3.63) is 59.7 Å². The van der Waals surface area contributed by atoms with Crippen LogP contribution in [0.2, 0.25) is 0 Å². The molecular weight excluding hydrogens is 409 g/mol. The molecule has 0 aliphatic rings. The highest BCUT2D eigenvalue weighted by atomic mass is 19.4. The van der Waals surface area contributed by atoms with Crippen molar-refractivity contribution in [2.45, 2.75) is 12.7 Å². The van der Waals surface area contributed by atoms with Gasteiger partial charge in [0.2, 0.25) is 0 Å². The van der Waals surface area contributed by atoms with Crippen molar-refractivity contribution in [3.63, 3.8) is 0 Å². The molecule has 3 aromatic rings. The van der Waals surface area contributed by atoms with E-state index < -0.39 is 29.5 Å². The van der Waals surface area contributed by atoms with Crippen LogP contribution >= 0.6 is 0 Å². The minimum atomic E-state index is -4.46. The lowest BCUT2D eigenvalue weighted by atomic mass is 10.2. The molecule has 10 nitrogen and oxygen atoms in total. The summed E-state index contributed by atoms with van der Waals surface area (Å²) in [6.07, 6.45) is -1.91. The molecular formula is C17H13F3N6O4. The number of nitrogens with one attached hydrogen (secondary N) is 2. The Morgan fingerprint density at radius 1 is 1.13 bits per heavy atom. The zero-order valence-corrected chi connectivity index (χ0v) is 14.9. The number of carbonyl (C=O) groups is 3. The van der Waals surface area contributed by atoms with Crippen LogP contribution in [-0.2, 0) is 22.3 Å². The first-order valence-electron chi connectivity index (χ1n) is 8.20. The first kappa shape index (κ1) is 20.6. The molecule has 0 fully saturated rings. The summed E-state index contributed by atoms with van der Waals surface area (Å²) < 4.78 is 43.9. The molecule has 3 rings (SSSR count). The number of halogens is 3. The van der Waals surface area contributed by atoms with Gasteiger partial charge in [0, 0.05) is 6.07 Å². The van der Waals surface area contributed by atoms with Crippen LogP contribution in [0.3, 0.4) is 0 Å². The van der Waals surface area contributed by atoms with E-state index in [0.29, 0.717) is 5.69 Å². The monoisotopic (exact) mass is 422 g/mol. The average molecular weight is 422 g/mol. The Hall–Kier alpha value is -4.16. The number of amides is 3. The standard InChI is InChI=1S/C17H13F3N6O4/c18-17(19,20)9-1-3-11(4-2-9)26-8-10(6-23-26)24-16(29)15(28)22-7-12-5-13(14(21)27)25-30-12/h1-6,8H,7H2,(H2,21,27)(H,22,28)(H,24,29). The number of nitrogens with two attached hydrogens (primary N) is 1. The molecule has 2 heterocycles. The van der Waals surface area contributed by atoms with Crippen LogP contribution in [0.1, 0.15) is 21.8 Å². The molecule has 4 N–H and O–H groups in total. The van der Waals surface area contributed by atoms with Crippen molar-refractivity contribution in [2.24, 2.45) is 5.73 Å². The van der Waals surface area contributed by atoms with E-state index in [1.54, 1.807) is 0 Å². The number of rotatable bonds is 5. The minimum Gasteiger partial charge on any atom is -0.364 e. The van der Waals surface area contributed by atoms with E-state index in [2.05, 4.69) is 20.9 Å². The normalized spacial score (nSPS) is 11.2. The fraction of sp³-hybridized carbons (Fsp3) is 0.118. The lowest BCUT2D eigenvalue weighted by Gasteiger charge is -2.07. The Kier molecular flexibility index (Phi) is 5.53. The molecule has 0 atom stereocenters. The summed E-state index contributed by atoms with van der Waals surface area (Å²) in [7, 11) is 0. The second-order valence-electron chi connectivity index (χ2n) is 5.90. The maximum Gasteiger partial charge on any atom is 0.416 e. The molecule has 0 bridgehead atoms. The summed E-state index contributed by atoms with van der Waals surface area (Å²) in [5.74, 6) is -2.72. The molecule has 30 heavy (non-hydrogen) atoms. The third-order valence-corrected chi connectivity index (χ3v) is 3.74. The molecule has 0 unspecified atom stereocenters. The maximum atomic E-state index is 12.6. The van der Waals surface area contributed by atoms with E-state index in [4.69, 9.17) is 10.3 Å². The molecule has 1 aromatic carbocycles. The molecule has 156 valence electrons. The summed E-state index contributed by atoms with van der Waals surface area (Å²) in [4.78, 5) is 34.7. The van der Waals surface area contributed by atoms with Gasteiger partial charge in [0.1, 0.15) is 0 Å². The van der Waals surface area contributed by atoms with Crippen molar-refractivity contribution < 1.29 is 32.1 Å². The molecule has 0 radical (unpaired) electrons. The van der Waals surface area contributed by atoms with Crippen molar-refractivity contribution in [1.82, 2.24) is 20.3 Å². The van der Waals surface area contributed by atoms with Crippen LogP contribution < -0.4 is 16.4 Å². The highest BCUT2D eigenvalue weighted by molar-refractivity contribution is 6.39. The molecule has 0 saturated carbocycles. The Balaban J connectivity index is 1.57. The Bertz CT molecular complexity index is 1090. The van der Waals surface area contributed by atoms with Crippen molar-refractivity contribution in [2.75, 3.05) is 5.32 Å². The van der Waals surface area contributed by atoms with Crippen LogP contribution in [0.4, 0.5) is 18.9 Å². The van der Waals surface area contributed by atoms with Gasteiger partial charge in [-0.15, -0.1) is 0 Å². The van der Waals surface area contributed by atoms with E-state index in [-0.39, 0.29) is 23.7 Å². The van der Waals surface area contributed by atoms with E-state index in [9.17, 15) is 27.6 Å². The Labute approximate surface area is 165 Å². The fourth-order valence-electron chi connectivity index (χ4n) is 2.28. The zero-order chi connectivity index (χ0) is 21.9. The first-order chi connectivity index (χ1) is 14.1. The predicted octanol–water partition coefficient (Wildman–Crippen LogP) is 1.23. The van der Waals surface area contributed by atoms with Gasteiger partial charge in [0.05, 0.1) is 35.9 Å². The van der Waals surface area contributed by atoms with Crippen LogP contribution in [0, 0.1) is 0 Å². The zero-order valence-electron chi connectivity index (χ0n) is 14.9. The summed E-state index contributed by atoms with van der Waals surface area (Å²) in [5, 5.41) is 11.9. The summed E-state index contributed by atoms with van der Waals surface area (Å²) in [6.45, 7) is -0.211. The third kappa shape index (κ3) is 4.81. The molecule has 13 heteroatoms. The smallest absolute Gasteiger partial charge is 0.364 e. The number of anilines is 1. The molecule has 0 saturated heterocycles. The lowest BCUT2D eigenvalue weighted by molar-refractivity contribution is -0.137. The highest BCUT2D eigenvalue weighted by Gasteiger charge is 2.30. The van der Waals surface area contributed by atoms with Crippen molar-refractivity contribution in [3.8, 4) is 5.69 Å². The highest BCUT2D eigenvalue weighted by Crippen LogP contribution is 2.29. The predicted molar refractivity (Wildman–Crippen MR) is 94.1 cm³/mol. The van der Waals surface area contributed by atoms with Gasteiger partial charge in [-0.2, -0.15) is 18.3 Å². The van der Waals surface area contributed by atoms with Gasteiger partial charge < -0.3 is 20.9 Å². The number of nitrogens with zero attached hydrogens (tertiary/aromatic N) is 3. The van der Waals surface area contributed by atoms with Crippen molar-refractivity contribution in [1.29, 1.82) is 0 Å². The SMILES string of the molecule is NC(=O)c1cc(CNC(=O)C(=O)Nc2cnn(-c3ccc(C(F)(F)F)cc3)c2)on1. The van der Waals surface area contributed by atoms with Gasteiger partial charge in [0.25, 0.3) is 5.91 Å². The van der Waals surface area contributed by atoms with Crippen LogP contribution in [0.25, 0.3) is 5.69 Å². The minimum absolute atomic E-state index is 0.111. The number of hydrogen-bond donors (Lipinski definition) is 3. The largest absolute Gasteiger partial charge is 0.416 e. The quantitative estimate of drug-likeness (QED) is 0.528. The number of primary amides is 1. The third-order valence-electron chi connectivity index (χ3n) is 3.74. The maximum absolute atomic E-state index is 12.6. The van der Waals surface area contributed by atoms with Gasteiger partial charge in [-0.05, 0) is 24.3 Å². The number of benzene rings is 1. The second kappa shape index (κ2) is 8.06. The van der Waals surface area contributed by atoms with Crippen molar-refractivity contribution >= 4 is 23.4 Å². The van der Waals surface area contributed by atoms with Crippen LogP contribution in [0.15, 0.2) is 47.2 Å². The topological polar surface area (TPSA) is 145 Å². The van der Waals surface area contributed by atoms with Gasteiger partial charge in [-0.25, -0.2) is 4.68 Å². The average Bonchev–Trinajstić information content (AvgIpc) is 3.35. The van der Waals surface area contributed by atoms with Gasteiger partial charge in [0.15, 0.2) is 11.5 Å².